The zero-order valence-corrected chi connectivity index (χ0v) is 36.9. The molecule has 2 aliphatic rings. The highest BCUT2D eigenvalue weighted by atomic mass is 16.3. The summed E-state index contributed by atoms with van der Waals surface area (Å²) in [4.78, 5) is 10.6. The molecule has 2 aliphatic carbocycles. The summed E-state index contributed by atoms with van der Waals surface area (Å²) in [5, 5.41) is 2.02. The average Bonchev–Trinajstić information content (AvgIpc) is 4.05. The molecule has 10 aromatic carbocycles. The lowest BCUT2D eigenvalue weighted by atomic mass is 9.70. The van der Waals surface area contributed by atoms with Gasteiger partial charge in [-0.3, -0.25) is 0 Å². The van der Waals surface area contributed by atoms with Crippen LogP contribution in [0.15, 0.2) is 247 Å². The molecule has 3 nitrogen and oxygen atoms in total. The number of hydrogen-bond acceptors (Lipinski definition) is 3. The lowest BCUT2D eigenvalue weighted by Crippen LogP contribution is -2.25. The average molecular weight is 865 g/mol. The second-order valence-electron chi connectivity index (χ2n) is 18.0. The van der Waals surface area contributed by atoms with Gasteiger partial charge in [0.25, 0.3) is 0 Å². The van der Waals surface area contributed by atoms with Crippen LogP contribution in [0.3, 0.4) is 0 Å². The maximum absolute atomic E-state index is 6.60. The van der Waals surface area contributed by atoms with Crippen molar-refractivity contribution in [2.45, 2.75) is 5.41 Å². The minimum absolute atomic E-state index is 0.394. The van der Waals surface area contributed by atoms with Gasteiger partial charge in [0.05, 0.1) is 16.8 Å². The van der Waals surface area contributed by atoms with E-state index in [0.717, 1.165) is 72.3 Å². The summed E-state index contributed by atoms with van der Waals surface area (Å²) < 4.78 is 6.60. The number of furan rings is 1. The number of rotatable bonds is 6. The Morgan fingerprint density at radius 3 is 1.40 bits per heavy atom. The standard InChI is InChI=1S/C65H40N2O/c1-3-16-41(17-4-1)43-20-14-23-48(37-43)60-40-59(42-18-5-2-6-19-42)66-64(67-60)53-27-15-31-62-63(53)54-38-46(33-35-61(54)68-62)44-21-13-22-45(36-44)47-32-34-52-51-26-9-12-30-57(51)65(58(52)39-47)55-28-10-7-24-49(55)50-25-8-11-29-56(50)65/h1-40H. The highest BCUT2D eigenvalue weighted by Gasteiger charge is 2.51. The Hall–Kier alpha value is -8.92. The van der Waals surface area contributed by atoms with Gasteiger partial charge in [0.2, 0.25) is 0 Å². The van der Waals surface area contributed by atoms with Crippen molar-refractivity contribution < 1.29 is 4.42 Å². The van der Waals surface area contributed by atoms with Gasteiger partial charge in [-0.05, 0) is 120 Å². The van der Waals surface area contributed by atoms with Crippen molar-refractivity contribution in [2.24, 2.45) is 0 Å². The van der Waals surface area contributed by atoms with Crippen molar-refractivity contribution in [3.05, 3.63) is 265 Å². The Balaban J connectivity index is 0.893. The van der Waals surface area contributed by atoms with Crippen molar-refractivity contribution in [1.29, 1.82) is 0 Å². The second-order valence-corrected chi connectivity index (χ2v) is 18.0. The monoisotopic (exact) mass is 864 g/mol. The molecule has 1 spiro atoms. The van der Waals surface area contributed by atoms with Gasteiger partial charge in [0.15, 0.2) is 5.82 Å². The van der Waals surface area contributed by atoms with Gasteiger partial charge in [-0.25, -0.2) is 9.97 Å². The van der Waals surface area contributed by atoms with E-state index in [1.54, 1.807) is 0 Å². The van der Waals surface area contributed by atoms with E-state index in [9.17, 15) is 0 Å². The maximum atomic E-state index is 6.60. The zero-order valence-electron chi connectivity index (χ0n) is 36.9. The number of hydrogen-bond donors (Lipinski definition) is 0. The van der Waals surface area contributed by atoms with E-state index in [0.29, 0.717) is 5.82 Å². The van der Waals surface area contributed by atoms with Crippen LogP contribution in [0.1, 0.15) is 22.3 Å². The van der Waals surface area contributed by atoms with Gasteiger partial charge in [-0.1, -0.05) is 200 Å². The van der Waals surface area contributed by atoms with Crippen LogP contribution in [0, 0.1) is 0 Å². The first-order valence-corrected chi connectivity index (χ1v) is 23.3. The molecule has 14 rings (SSSR count). The largest absolute Gasteiger partial charge is 0.456 e. The summed E-state index contributed by atoms with van der Waals surface area (Å²) in [5.41, 5.74) is 23.5. The molecule has 0 amide bonds. The van der Waals surface area contributed by atoms with E-state index in [-0.39, 0.29) is 0 Å². The molecular formula is C65H40N2O. The number of aromatic nitrogens is 2. The van der Waals surface area contributed by atoms with Crippen LogP contribution in [0.4, 0.5) is 0 Å². The normalized spacial score (nSPS) is 12.8. The lowest BCUT2D eigenvalue weighted by molar-refractivity contribution is 0.669. The third-order valence-corrected chi connectivity index (χ3v) is 14.3. The molecule has 2 heterocycles. The van der Waals surface area contributed by atoms with Crippen molar-refractivity contribution >= 4 is 21.9 Å². The van der Waals surface area contributed by atoms with Gasteiger partial charge in [-0.15, -0.1) is 0 Å². The Bertz CT molecular complexity index is 3910. The van der Waals surface area contributed by atoms with E-state index in [1.807, 2.05) is 24.3 Å². The molecule has 0 saturated heterocycles. The first-order valence-electron chi connectivity index (χ1n) is 23.3. The fourth-order valence-electron chi connectivity index (χ4n) is 11.3. The molecule has 2 aromatic heterocycles. The highest BCUT2D eigenvalue weighted by molar-refractivity contribution is 6.13. The Morgan fingerprint density at radius 1 is 0.279 bits per heavy atom. The smallest absolute Gasteiger partial charge is 0.161 e. The molecule has 68 heavy (non-hydrogen) atoms. The second kappa shape index (κ2) is 15.1. The topological polar surface area (TPSA) is 38.9 Å². The van der Waals surface area contributed by atoms with Crippen LogP contribution >= 0.6 is 0 Å². The molecule has 0 unspecified atom stereocenters. The molecule has 12 aromatic rings. The number of nitrogens with zero attached hydrogens (tertiary/aromatic N) is 2. The molecule has 0 aliphatic heterocycles. The van der Waals surface area contributed by atoms with Gasteiger partial charge in [-0.2, -0.15) is 0 Å². The minimum Gasteiger partial charge on any atom is -0.456 e. The first-order chi connectivity index (χ1) is 33.7. The quantitative estimate of drug-likeness (QED) is 0.167. The van der Waals surface area contributed by atoms with E-state index < -0.39 is 5.41 Å². The van der Waals surface area contributed by atoms with Gasteiger partial charge in [0, 0.05) is 27.5 Å². The summed E-state index contributed by atoms with van der Waals surface area (Å²) in [6, 6.07) is 87.4. The molecule has 0 saturated carbocycles. The summed E-state index contributed by atoms with van der Waals surface area (Å²) in [5.74, 6) is 0.649. The van der Waals surface area contributed by atoms with Gasteiger partial charge >= 0.3 is 0 Å². The van der Waals surface area contributed by atoms with E-state index in [4.69, 9.17) is 14.4 Å². The third-order valence-electron chi connectivity index (χ3n) is 14.3. The molecular weight excluding hydrogens is 825 g/mol. The molecule has 0 fully saturated rings. The van der Waals surface area contributed by atoms with Crippen LogP contribution < -0.4 is 0 Å². The lowest BCUT2D eigenvalue weighted by Gasteiger charge is -2.30. The van der Waals surface area contributed by atoms with Crippen molar-refractivity contribution in [1.82, 2.24) is 9.97 Å². The van der Waals surface area contributed by atoms with E-state index >= 15 is 0 Å². The first kappa shape index (κ1) is 38.4. The SMILES string of the molecule is c1ccc(-c2cccc(-c3cc(-c4ccccc4)nc(-c4cccc5oc6ccc(-c7cccc(-c8ccc9c(c8)C8(c%10ccccc%10-c%10ccccc%108)c8ccccc8-9)c7)cc6c45)n3)c2)cc1. The van der Waals surface area contributed by atoms with Crippen molar-refractivity contribution in [3.8, 4) is 89.5 Å². The minimum atomic E-state index is -0.394. The molecule has 3 heteroatoms. The molecule has 0 bridgehead atoms. The van der Waals surface area contributed by atoms with E-state index in [2.05, 4.69) is 218 Å². The van der Waals surface area contributed by atoms with Crippen LogP contribution in [0.2, 0.25) is 0 Å². The fraction of sp³-hybridized carbons (Fsp3) is 0.0154. The van der Waals surface area contributed by atoms with Crippen LogP contribution in [-0.4, -0.2) is 9.97 Å². The fourth-order valence-corrected chi connectivity index (χ4v) is 11.3. The summed E-state index contributed by atoms with van der Waals surface area (Å²) in [6.45, 7) is 0. The predicted molar refractivity (Wildman–Crippen MR) is 278 cm³/mol. The van der Waals surface area contributed by atoms with Crippen LogP contribution in [-0.2, 0) is 5.41 Å². The van der Waals surface area contributed by atoms with Crippen LogP contribution in [0.5, 0.6) is 0 Å². The maximum Gasteiger partial charge on any atom is 0.161 e. The summed E-state index contributed by atoms with van der Waals surface area (Å²) >= 11 is 0. The number of benzene rings is 10. The van der Waals surface area contributed by atoms with E-state index in [1.165, 1.54) is 55.6 Å². The van der Waals surface area contributed by atoms with Gasteiger partial charge in [0.1, 0.15) is 11.2 Å². The summed E-state index contributed by atoms with van der Waals surface area (Å²) in [7, 11) is 0. The molecule has 0 N–H and O–H groups in total. The molecule has 0 radical (unpaired) electrons. The summed E-state index contributed by atoms with van der Waals surface area (Å²) in [6.07, 6.45) is 0. The van der Waals surface area contributed by atoms with Crippen LogP contribution in [0.25, 0.3) is 111 Å². The Labute approximate surface area is 394 Å². The van der Waals surface area contributed by atoms with Crippen molar-refractivity contribution in [2.75, 3.05) is 0 Å². The number of fused-ring (bicyclic) bond motifs is 13. The molecule has 0 atom stereocenters. The Morgan fingerprint density at radius 2 is 0.735 bits per heavy atom. The zero-order chi connectivity index (χ0) is 44.8. The van der Waals surface area contributed by atoms with Gasteiger partial charge < -0.3 is 4.42 Å². The Kier molecular flexibility index (Phi) is 8.50. The third kappa shape index (κ3) is 5.79. The predicted octanol–water partition coefficient (Wildman–Crippen LogP) is 16.7. The van der Waals surface area contributed by atoms with Crippen molar-refractivity contribution in [3.63, 3.8) is 0 Å². The highest BCUT2D eigenvalue weighted by Crippen LogP contribution is 2.63. The molecule has 316 valence electrons.